The van der Waals surface area contributed by atoms with Gasteiger partial charge in [-0.25, -0.2) is 4.99 Å². The van der Waals surface area contributed by atoms with Gasteiger partial charge in [-0.2, -0.15) is 8.78 Å². The maximum absolute atomic E-state index is 14.6. The highest BCUT2D eigenvalue weighted by molar-refractivity contribution is 6.35. The maximum atomic E-state index is 14.6. The summed E-state index contributed by atoms with van der Waals surface area (Å²) >= 11 is 12.1. The van der Waals surface area contributed by atoms with E-state index in [2.05, 4.69) is 4.99 Å². The first-order valence-electron chi connectivity index (χ1n) is 7.54. The van der Waals surface area contributed by atoms with Gasteiger partial charge in [0, 0.05) is 10.0 Å². The van der Waals surface area contributed by atoms with Crippen LogP contribution in [0.1, 0.15) is 17.5 Å². The molecule has 1 aliphatic carbocycles. The maximum Gasteiger partial charge on any atom is 0.310 e. The standard InChI is InChI=1S/C18H13Cl2F2NO/c19-14-5-13(6-15(20)8-14)12-2-1-11-3-4-17(16(11)7-12)18(21,22)9-24-10-23-17/h1-2,5-8,10H,3-4,9H2/t17-/m1/s1. The fourth-order valence-electron chi connectivity index (χ4n) is 3.53. The predicted octanol–water partition coefficient (Wildman–Crippen LogP) is 5.50. The second-order valence-corrected chi connectivity index (χ2v) is 7.01. The third-order valence-corrected chi connectivity index (χ3v) is 5.16. The van der Waals surface area contributed by atoms with Gasteiger partial charge in [0.15, 0.2) is 18.5 Å². The quantitative estimate of drug-likeness (QED) is 0.652. The van der Waals surface area contributed by atoms with Gasteiger partial charge < -0.3 is 4.74 Å². The number of ether oxygens (including phenoxy) is 1. The smallest absolute Gasteiger partial charge is 0.310 e. The molecule has 24 heavy (non-hydrogen) atoms. The predicted molar refractivity (Wildman–Crippen MR) is 91.3 cm³/mol. The van der Waals surface area contributed by atoms with Crippen molar-refractivity contribution < 1.29 is 13.5 Å². The van der Waals surface area contributed by atoms with Crippen LogP contribution >= 0.6 is 23.2 Å². The molecule has 1 atom stereocenters. The Labute approximate surface area is 148 Å². The lowest BCUT2D eigenvalue weighted by atomic mass is 9.84. The van der Waals surface area contributed by atoms with Gasteiger partial charge in [-0.15, -0.1) is 0 Å². The molecule has 1 aliphatic heterocycles. The summed E-state index contributed by atoms with van der Waals surface area (Å²) in [6.07, 6.45) is 1.99. The van der Waals surface area contributed by atoms with Crippen LogP contribution in [0.2, 0.25) is 10.0 Å². The lowest BCUT2D eigenvalue weighted by Gasteiger charge is -2.36. The molecule has 0 unspecified atom stereocenters. The minimum absolute atomic E-state index is 0.273. The average molecular weight is 368 g/mol. The van der Waals surface area contributed by atoms with Crippen LogP contribution in [0.25, 0.3) is 11.1 Å². The molecule has 0 N–H and O–H groups in total. The zero-order valence-electron chi connectivity index (χ0n) is 12.5. The van der Waals surface area contributed by atoms with Gasteiger partial charge in [-0.05, 0) is 59.4 Å². The molecule has 0 aromatic heterocycles. The molecule has 0 fully saturated rings. The SMILES string of the molecule is FC1(F)COC=N[C@@]12CCc1ccc(-c3cc(Cl)cc(Cl)c3)cc12. The van der Waals surface area contributed by atoms with Crippen LogP contribution in [-0.4, -0.2) is 18.9 Å². The Balaban J connectivity index is 1.88. The Morgan fingerprint density at radius 1 is 1.00 bits per heavy atom. The van der Waals surface area contributed by atoms with E-state index >= 15 is 0 Å². The van der Waals surface area contributed by atoms with Crippen LogP contribution < -0.4 is 0 Å². The summed E-state index contributed by atoms with van der Waals surface area (Å²) < 4.78 is 34.0. The number of nitrogens with zero attached hydrogens (tertiary/aromatic N) is 1. The summed E-state index contributed by atoms with van der Waals surface area (Å²) in [7, 11) is 0. The van der Waals surface area contributed by atoms with E-state index in [1.807, 2.05) is 12.1 Å². The molecule has 2 aromatic rings. The molecule has 124 valence electrons. The van der Waals surface area contributed by atoms with E-state index in [1.165, 1.54) is 0 Å². The lowest BCUT2D eigenvalue weighted by molar-refractivity contribution is -0.118. The van der Waals surface area contributed by atoms with Crippen molar-refractivity contribution in [1.82, 2.24) is 0 Å². The van der Waals surface area contributed by atoms with Gasteiger partial charge in [0.1, 0.15) is 0 Å². The van der Waals surface area contributed by atoms with Gasteiger partial charge >= 0.3 is 5.92 Å². The van der Waals surface area contributed by atoms with E-state index in [4.69, 9.17) is 27.9 Å². The number of aliphatic imine (C=N–C) groups is 1. The molecule has 0 amide bonds. The summed E-state index contributed by atoms with van der Waals surface area (Å²) in [4.78, 5) is 4.08. The van der Waals surface area contributed by atoms with E-state index in [0.29, 0.717) is 22.0 Å². The van der Waals surface area contributed by atoms with Crippen LogP contribution in [0.4, 0.5) is 8.78 Å². The minimum atomic E-state index is -3.04. The molecule has 1 spiro atoms. The number of halogens is 4. The summed E-state index contributed by atoms with van der Waals surface area (Å²) in [5.74, 6) is -3.04. The second-order valence-electron chi connectivity index (χ2n) is 6.14. The Hall–Kier alpha value is -1.65. The summed E-state index contributed by atoms with van der Waals surface area (Å²) in [6.45, 7) is -0.650. The van der Waals surface area contributed by atoms with Gasteiger partial charge in [0.05, 0.1) is 0 Å². The molecule has 1 heterocycles. The molecule has 2 aliphatic rings. The largest absolute Gasteiger partial charge is 0.477 e. The average Bonchev–Trinajstić information content (AvgIpc) is 2.89. The van der Waals surface area contributed by atoms with E-state index in [-0.39, 0.29) is 6.42 Å². The third-order valence-electron chi connectivity index (χ3n) is 4.72. The van der Waals surface area contributed by atoms with E-state index < -0.39 is 18.1 Å². The number of rotatable bonds is 1. The van der Waals surface area contributed by atoms with Crippen molar-refractivity contribution >= 4 is 29.6 Å². The van der Waals surface area contributed by atoms with Crippen molar-refractivity contribution in [3.8, 4) is 11.1 Å². The fraction of sp³-hybridized carbons (Fsp3) is 0.278. The molecule has 2 aromatic carbocycles. The molecular formula is C18H13Cl2F2NO. The first-order chi connectivity index (χ1) is 11.4. The number of fused-ring (bicyclic) bond motifs is 2. The van der Waals surface area contributed by atoms with Gasteiger partial charge in [0.25, 0.3) is 0 Å². The number of alkyl halides is 2. The van der Waals surface area contributed by atoms with E-state index in [1.54, 1.807) is 24.3 Å². The third kappa shape index (κ3) is 2.32. The lowest BCUT2D eigenvalue weighted by Crippen LogP contribution is -2.48. The molecule has 6 heteroatoms. The molecule has 0 saturated carbocycles. The van der Waals surface area contributed by atoms with Crippen molar-refractivity contribution in [2.45, 2.75) is 24.3 Å². The van der Waals surface area contributed by atoms with Gasteiger partial charge in [0.2, 0.25) is 0 Å². The number of benzene rings is 2. The molecular weight excluding hydrogens is 355 g/mol. The first kappa shape index (κ1) is 15.9. The molecule has 0 saturated heterocycles. The Morgan fingerprint density at radius 2 is 1.75 bits per heavy atom. The van der Waals surface area contributed by atoms with Crippen molar-refractivity contribution in [2.24, 2.45) is 4.99 Å². The van der Waals surface area contributed by atoms with Crippen LogP contribution in [0.3, 0.4) is 0 Å². The zero-order chi connectivity index (χ0) is 16.9. The highest BCUT2D eigenvalue weighted by Gasteiger charge is 2.59. The van der Waals surface area contributed by atoms with Gasteiger partial charge in [-0.1, -0.05) is 35.3 Å². The molecule has 0 radical (unpaired) electrons. The Bertz CT molecular complexity index is 833. The minimum Gasteiger partial charge on any atom is -0.477 e. The van der Waals surface area contributed by atoms with E-state index in [9.17, 15) is 8.78 Å². The van der Waals surface area contributed by atoms with Crippen molar-refractivity contribution in [3.63, 3.8) is 0 Å². The highest BCUT2D eigenvalue weighted by atomic mass is 35.5. The fourth-order valence-corrected chi connectivity index (χ4v) is 4.05. The molecule has 2 nitrogen and oxygen atoms in total. The molecule has 4 rings (SSSR count). The summed E-state index contributed by atoms with van der Waals surface area (Å²) in [6, 6.07) is 10.7. The summed E-state index contributed by atoms with van der Waals surface area (Å²) in [5, 5.41) is 1.00. The summed E-state index contributed by atoms with van der Waals surface area (Å²) in [5.41, 5.74) is 1.48. The zero-order valence-corrected chi connectivity index (χ0v) is 14.0. The first-order valence-corrected chi connectivity index (χ1v) is 8.30. The molecule has 0 bridgehead atoms. The van der Waals surface area contributed by atoms with Crippen molar-refractivity contribution in [1.29, 1.82) is 0 Å². The number of aryl methyl sites for hydroxylation is 1. The van der Waals surface area contributed by atoms with Gasteiger partial charge in [-0.3, -0.25) is 0 Å². The topological polar surface area (TPSA) is 21.6 Å². The van der Waals surface area contributed by atoms with Crippen molar-refractivity contribution in [3.05, 3.63) is 57.6 Å². The van der Waals surface area contributed by atoms with E-state index in [0.717, 1.165) is 23.1 Å². The second kappa shape index (κ2) is 5.43. The monoisotopic (exact) mass is 367 g/mol. The van der Waals surface area contributed by atoms with Crippen molar-refractivity contribution in [2.75, 3.05) is 6.61 Å². The normalized spacial score (nSPS) is 24.0. The Morgan fingerprint density at radius 3 is 2.46 bits per heavy atom. The highest BCUT2D eigenvalue weighted by Crippen LogP contribution is 2.52. The Kier molecular flexibility index (Phi) is 3.59. The van der Waals surface area contributed by atoms with Crippen LogP contribution in [-0.2, 0) is 16.7 Å². The van der Waals surface area contributed by atoms with Crippen LogP contribution in [0.15, 0.2) is 41.4 Å². The number of hydrogen-bond donors (Lipinski definition) is 0. The van der Waals surface area contributed by atoms with Crippen LogP contribution in [0, 0.1) is 0 Å². The number of hydrogen-bond acceptors (Lipinski definition) is 2. The van der Waals surface area contributed by atoms with Crippen LogP contribution in [0.5, 0.6) is 0 Å².